The number of benzene rings is 2. The molecule has 1 heterocycles. The standard InChI is InChI=1S/C16H16N2O/c1-16(8-9-19-11-16)18-15-7-6-12(10-17)13-4-2-3-5-14(13)15/h2-7,18H,8-9,11H2,1H3. The molecule has 0 saturated carbocycles. The van der Waals surface area contributed by atoms with E-state index in [9.17, 15) is 5.26 Å². The molecule has 1 aliphatic heterocycles. The van der Waals surface area contributed by atoms with Crippen LogP contribution >= 0.6 is 0 Å². The van der Waals surface area contributed by atoms with E-state index < -0.39 is 0 Å². The fourth-order valence-corrected chi connectivity index (χ4v) is 2.60. The van der Waals surface area contributed by atoms with Crippen molar-refractivity contribution in [2.75, 3.05) is 18.5 Å². The lowest BCUT2D eigenvalue weighted by Crippen LogP contribution is -2.34. The summed E-state index contributed by atoms with van der Waals surface area (Å²) in [6.45, 7) is 3.70. The topological polar surface area (TPSA) is 45.0 Å². The number of anilines is 1. The van der Waals surface area contributed by atoms with Crippen molar-refractivity contribution in [1.29, 1.82) is 5.26 Å². The predicted octanol–water partition coefficient (Wildman–Crippen LogP) is 3.30. The lowest BCUT2D eigenvalue weighted by atomic mass is 9.98. The first kappa shape index (κ1) is 12.0. The largest absolute Gasteiger partial charge is 0.379 e. The van der Waals surface area contributed by atoms with Gasteiger partial charge >= 0.3 is 0 Å². The molecule has 1 saturated heterocycles. The summed E-state index contributed by atoms with van der Waals surface area (Å²) in [5.41, 5.74) is 1.77. The van der Waals surface area contributed by atoms with Gasteiger partial charge in [-0.1, -0.05) is 24.3 Å². The van der Waals surface area contributed by atoms with Gasteiger partial charge in [-0.15, -0.1) is 0 Å². The van der Waals surface area contributed by atoms with Gasteiger partial charge in [0, 0.05) is 23.1 Å². The number of nitrogens with one attached hydrogen (secondary N) is 1. The summed E-state index contributed by atoms with van der Waals surface area (Å²) in [5.74, 6) is 0. The molecule has 0 aliphatic carbocycles. The number of rotatable bonds is 2. The minimum Gasteiger partial charge on any atom is -0.379 e. The molecule has 19 heavy (non-hydrogen) atoms. The van der Waals surface area contributed by atoms with Gasteiger partial charge in [-0.25, -0.2) is 0 Å². The van der Waals surface area contributed by atoms with Gasteiger partial charge in [-0.05, 0) is 25.5 Å². The monoisotopic (exact) mass is 252 g/mol. The maximum Gasteiger partial charge on any atom is 0.0998 e. The summed E-state index contributed by atoms with van der Waals surface area (Å²) in [4.78, 5) is 0. The van der Waals surface area contributed by atoms with Crippen LogP contribution in [-0.2, 0) is 4.74 Å². The number of nitriles is 1. The van der Waals surface area contributed by atoms with Crippen LogP contribution in [0.1, 0.15) is 18.9 Å². The van der Waals surface area contributed by atoms with E-state index in [1.54, 1.807) is 0 Å². The molecule has 3 nitrogen and oxygen atoms in total. The van der Waals surface area contributed by atoms with Gasteiger partial charge in [0.1, 0.15) is 0 Å². The van der Waals surface area contributed by atoms with Crippen molar-refractivity contribution in [2.45, 2.75) is 18.9 Å². The van der Waals surface area contributed by atoms with Crippen LogP contribution in [0.3, 0.4) is 0 Å². The van der Waals surface area contributed by atoms with Gasteiger partial charge < -0.3 is 10.1 Å². The van der Waals surface area contributed by atoms with Gasteiger partial charge in [0.2, 0.25) is 0 Å². The summed E-state index contributed by atoms with van der Waals surface area (Å²) >= 11 is 0. The van der Waals surface area contributed by atoms with Crippen LogP contribution < -0.4 is 5.32 Å². The minimum atomic E-state index is -0.0169. The Morgan fingerprint density at radius 1 is 1.21 bits per heavy atom. The van der Waals surface area contributed by atoms with Crippen LogP contribution in [0.2, 0.25) is 0 Å². The molecule has 0 bridgehead atoms. The van der Waals surface area contributed by atoms with Gasteiger partial charge in [-0.2, -0.15) is 5.26 Å². The molecule has 0 spiro atoms. The summed E-state index contributed by atoms with van der Waals surface area (Å²) < 4.78 is 5.47. The first-order valence-electron chi connectivity index (χ1n) is 6.50. The zero-order valence-corrected chi connectivity index (χ0v) is 10.9. The summed E-state index contributed by atoms with van der Waals surface area (Å²) in [7, 11) is 0. The zero-order chi connectivity index (χ0) is 13.3. The van der Waals surface area contributed by atoms with Crippen molar-refractivity contribution >= 4 is 16.5 Å². The van der Waals surface area contributed by atoms with Crippen molar-refractivity contribution in [3.05, 3.63) is 42.0 Å². The molecule has 1 fully saturated rings. The normalized spacial score (nSPS) is 22.3. The molecule has 1 atom stereocenters. The highest BCUT2D eigenvalue weighted by Crippen LogP contribution is 2.31. The Balaban J connectivity index is 2.07. The first-order valence-corrected chi connectivity index (χ1v) is 6.50. The molecule has 1 N–H and O–H groups in total. The van der Waals surface area contributed by atoms with Crippen molar-refractivity contribution in [1.82, 2.24) is 0 Å². The molecule has 1 unspecified atom stereocenters. The summed E-state index contributed by atoms with van der Waals surface area (Å²) in [6.07, 6.45) is 1.00. The van der Waals surface area contributed by atoms with Crippen LogP contribution in [-0.4, -0.2) is 18.8 Å². The molecule has 0 radical (unpaired) electrons. The quantitative estimate of drug-likeness (QED) is 0.892. The van der Waals surface area contributed by atoms with Crippen molar-refractivity contribution in [2.24, 2.45) is 0 Å². The Bertz CT molecular complexity index is 651. The second kappa shape index (κ2) is 4.56. The third kappa shape index (κ3) is 2.16. The lowest BCUT2D eigenvalue weighted by molar-refractivity contribution is 0.185. The summed E-state index contributed by atoms with van der Waals surface area (Å²) in [5, 5.41) is 14.8. The molecule has 3 heteroatoms. The molecular weight excluding hydrogens is 236 g/mol. The predicted molar refractivity (Wildman–Crippen MR) is 76.1 cm³/mol. The first-order chi connectivity index (χ1) is 9.22. The van der Waals surface area contributed by atoms with E-state index in [0.29, 0.717) is 5.56 Å². The Morgan fingerprint density at radius 2 is 2.00 bits per heavy atom. The average molecular weight is 252 g/mol. The number of nitrogens with zero attached hydrogens (tertiary/aromatic N) is 1. The molecule has 96 valence electrons. The van der Waals surface area contributed by atoms with E-state index in [4.69, 9.17) is 4.74 Å². The van der Waals surface area contributed by atoms with Crippen LogP contribution in [0.4, 0.5) is 5.69 Å². The van der Waals surface area contributed by atoms with E-state index >= 15 is 0 Å². The van der Waals surface area contributed by atoms with E-state index in [1.807, 2.05) is 30.3 Å². The van der Waals surface area contributed by atoms with Gasteiger partial charge in [-0.3, -0.25) is 0 Å². The maximum absolute atomic E-state index is 9.17. The molecule has 0 aromatic heterocycles. The molecule has 2 aromatic carbocycles. The molecule has 3 rings (SSSR count). The van der Waals surface area contributed by atoms with Crippen molar-refractivity contribution in [3.8, 4) is 6.07 Å². The third-order valence-electron chi connectivity index (χ3n) is 3.70. The Kier molecular flexibility index (Phi) is 2.88. The highest BCUT2D eigenvalue weighted by molar-refractivity contribution is 5.97. The van der Waals surface area contributed by atoms with E-state index in [0.717, 1.165) is 36.1 Å². The highest BCUT2D eigenvalue weighted by atomic mass is 16.5. The SMILES string of the molecule is CC1(Nc2ccc(C#N)c3ccccc23)CCOC1. The van der Waals surface area contributed by atoms with E-state index in [-0.39, 0.29) is 5.54 Å². The lowest BCUT2D eigenvalue weighted by Gasteiger charge is -2.26. The van der Waals surface area contributed by atoms with Crippen LogP contribution in [0, 0.1) is 11.3 Å². The molecule has 1 aliphatic rings. The fraction of sp³-hybridized carbons (Fsp3) is 0.312. The van der Waals surface area contributed by atoms with Crippen LogP contribution in [0.5, 0.6) is 0 Å². The highest BCUT2D eigenvalue weighted by Gasteiger charge is 2.29. The minimum absolute atomic E-state index is 0.0169. The molecule has 2 aromatic rings. The Morgan fingerprint density at radius 3 is 2.68 bits per heavy atom. The number of hydrogen-bond donors (Lipinski definition) is 1. The van der Waals surface area contributed by atoms with Gasteiger partial charge in [0.25, 0.3) is 0 Å². The van der Waals surface area contributed by atoms with Crippen molar-refractivity contribution in [3.63, 3.8) is 0 Å². The third-order valence-corrected chi connectivity index (χ3v) is 3.70. The fourth-order valence-electron chi connectivity index (χ4n) is 2.60. The second-order valence-corrected chi connectivity index (χ2v) is 5.31. The van der Waals surface area contributed by atoms with Crippen molar-refractivity contribution < 1.29 is 4.74 Å². The molecule has 0 amide bonds. The van der Waals surface area contributed by atoms with Gasteiger partial charge in [0.15, 0.2) is 0 Å². The Hall–Kier alpha value is -2.05. The molecular formula is C16H16N2O. The number of fused-ring (bicyclic) bond motifs is 1. The smallest absolute Gasteiger partial charge is 0.0998 e. The van der Waals surface area contributed by atoms with Crippen LogP contribution in [0.25, 0.3) is 10.8 Å². The summed E-state index contributed by atoms with van der Waals surface area (Å²) in [6, 6.07) is 14.1. The average Bonchev–Trinajstić information content (AvgIpc) is 2.86. The van der Waals surface area contributed by atoms with Crippen LogP contribution in [0.15, 0.2) is 36.4 Å². The van der Waals surface area contributed by atoms with E-state index in [2.05, 4.69) is 24.4 Å². The number of ether oxygens (including phenoxy) is 1. The second-order valence-electron chi connectivity index (χ2n) is 5.31. The number of hydrogen-bond acceptors (Lipinski definition) is 3. The Labute approximate surface area is 112 Å². The zero-order valence-electron chi connectivity index (χ0n) is 10.9. The van der Waals surface area contributed by atoms with E-state index in [1.165, 1.54) is 0 Å². The maximum atomic E-state index is 9.17. The van der Waals surface area contributed by atoms with Gasteiger partial charge in [0.05, 0.1) is 23.8 Å².